The number of hydrogen-bond donors (Lipinski definition) is 2. The molecule has 0 spiro atoms. The SMILES string of the molecule is C[C@@H]1OC(=O)NN=C1c1ccc(OCC(C)(C)O)c(C(F)(F)F)c1. The molecule has 1 heterocycles. The van der Waals surface area contributed by atoms with Gasteiger partial charge in [0, 0.05) is 5.56 Å². The Hall–Kier alpha value is -2.29. The summed E-state index contributed by atoms with van der Waals surface area (Å²) in [5.41, 5.74) is 0.0855. The van der Waals surface area contributed by atoms with Crippen LogP contribution >= 0.6 is 0 Å². The highest BCUT2D eigenvalue weighted by molar-refractivity contribution is 6.06. The van der Waals surface area contributed by atoms with Crippen molar-refractivity contribution in [3.8, 4) is 5.75 Å². The van der Waals surface area contributed by atoms with E-state index >= 15 is 0 Å². The van der Waals surface area contributed by atoms with Crippen molar-refractivity contribution in [3.63, 3.8) is 0 Å². The molecule has 0 saturated heterocycles. The number of alkyl halides is 3. The topological polar surface area (TPSA) is 80.2 Å². The summed E-state index contributed by atoms with van der Waals surface area (Å²) in [4.78, 5) is 11.0. The Kier molecular flexibility index (Phi) is 4.75. The van der Waals surface area contributed by atoms with Crippen LogP contribution in [0.3, 0.4) is 0 Å². The molecule has 1 aromatic carbocycles. The van der Waals surface area contributed by atoms with Crippen LogP contribution in [0.15, 0.2) is 23.3 Å². The fourth-order valence-corrected chi connectivity index (χ4v) is 2.03. The zero-order valence-electron chi connectivity index (χ0n) is 13.3. The Morgan fingerprint density at radius 1 is 1.38 bits per heavy atom. The van der Waals surface area contributed by atoms with Gasteiger partial charge in [0.1, 0.15) is 24.2 Å². The van der Waals surface area contributed by atoms with Crippen LogP contribution < -0.4 is 10.2 Å². The lowest BCUT2D eigenvalue weighted by Gasteiger charge is -2.23. The zero-order valence-corrected chi connectivity index (χ0v) is 13.3. The molecular weight excluding hydrogens is 329 g/mol. The highest BCUT2D eigenvalue weighted by Gasteiger charge is 2.36. The molecule has 1 amide bonds. The molecule has 0 aromatic heterocycles. The first kappa shape index (κ1) is 18.1. The highest BCUT2D eigenvalue weighted by Crippen LogP contribution is 2.37. The molecule has 0 bridgehead atoms. The molecule has 2 N–H and O–H groups in total. The summed E-state index contributed by atoms with van der Waals surface area (Å²) in [5, 5.41) is 13.4. The van der Waals surface area contributed by atoms with E-state index in [2.05, 4.69) is 10.5 Å². The molecule has 6 nitrogen and oxygen atoms in total. The van der Waals surface area contributed by atoms with Crippen LogP contribution in [-0.4, -0.2) is 35.2 Å². The Morgan fingerprint density at radius 3 is 2.58 bits per heavy atom. The zero-order chi connectivity index (χ0) is 18.1. The van der Waals surface area contributed by atoms with E-state index in [0.29, 0.717) is 0 Å². The van der Waals surface area contributed by atoms with Crippen molar-refractivity contribution in [2.24, 2.45) is 5.10 Å². The van der Waals surface area contributed by atoms with Crippen molar-refractivity contribution >= 4 is 11.8 Å². The third kappa shape index (κ3) is 4.38. The maximum absolute atomic E-state index is 13.3. The Labute approximate surface area is 136 Å². The molecule has 0 fully saturated rings. The lowest BCUT2D eigenvalue weighted by molar-refractivity contribution is -0.139. The van der Waals surface area contributed by atoms with E-state index < -0.39 is 35.3 Å². The number of hydrazone groups is 1. The largest absolute Gasteiger partial charge is 0.490 e. The van der Waals surface area contributed by atoms with Crippen LogP contribution in [0.5, 0.6) is 5.75 Å². The van der Waals surface area contributed by atoms with Gasteiger partial charge in [-0.15, -0.1) is 0 Å². The summed E-state index contributed by atoms with van der Waals surface area (Å²) in [7, 11) is 0. The van der Waals surface area contributed by atoms with Crippen molar-refractivity contribution in [3.05, 3.63) is 29.3 Å². The molecule has 2 rings (SSSR count). The molecule has 0 saturated carbocycles. The van der Waals surface area contributed by atoms with Gasteiger partial charge in [-0.05, 0) is 39.0 Å². The molecule has 1 aliphatic rings. The Morgan fingerprint density at radius 2 is 2.04 bits per heavy atom. The number of nitrogens with one attached hydrogen (secondary N) is 1. The first-order valence-corrected chi connectivity index (χ1v) is 7.08. The van der Waals surface area contributed by atoms with Gasteiger partial charge in [0.2, 0.25) is 0 Å². The van der Waals surface area contributed by atoms with Crippen LogP contribution in [-0.2, 0) is 10.9 Å². The number of amides is 1. The fraction of sp³-hybridized carbons (Fsp3) is 0.467. The number of ether oxygens (including phenoxy) is 2. The predicted octanol–water partition coefficient (Wildman–Crippen LogP) is 2.69. The smallest absolute Gasteiger partial charge is 0.428 e. The van der Waals surface area contributed by atoms with Crippen LogP contribution in [0, 0.1) is 0 Å². The summed E-state index contributed by atoms with van der Waals surface area (Å²) in [5.74, 6) is -0.401. The van der Waals surface area contributed by atoms with Gasteiger partial charge in [-0.3, -0.25) is 0 Å². The van der Waals surface area contributed by atoms with Gasteiger partial charge in [0.15, 0.2) is 0 Å². The molecule has 1 aromatic rings. The minimum atomic E-state index is -4.66. The number of carbonyl (C=O) groups is 1. The van der Waals surface area contributed by atoms with Crippen LogP contribution in [0.25, 0.3) is 0 Å². The van der Waals surface area contributed by atoms with E-state index in [-0.39, 0.29) is 17.9 Å². The van der Waals surface area contributed by atoms with Crippen LogP contribution in [0.2, 0.25) is 0 Å². The standard InChI is InChI=1S/C15H17F3N2O4/c1-8-12(19-20-13(21)24-8)9-4-5-11(23-7-14(2,3)22)10(6-9)15(16,17)18/h4-6,8,22H,7H2,1-3H3,(H,20,21)/t8-/m0/s1. The van der Waals surface area contributed by atoms with E-state index in [1.165, 1.54) is 26.8 Å². The summed E-state index contributed by atoms with van der Waals surface area (Å²) >= 11 is 0. The monoisotopic (exact) mass is 346 g/mol. The maximum atomic E-state index is 13.3. The number of rotatable bonds is 4. The first-order chi connectivity index (χ1) is 11.0. The number of halogens is 3. The molecule has 0 aliphatic carbocycles. The van der Waals surface area contributed by atoms with E-state index in [1.54, 1.807) is 0 Å². The number of cyclic esters (lactones) is 1. The molecule has 1 atom stereocenters. The Bertz CT molecular complexity index is 666. The average molecular weight is 346 g/mol. The third-order valence-corrected chi connectivity index (χ3v) is 3.10. The number of carbonyl (C=O) groups excluding carboxylic acids is 1. The van der Waals surface area contributed by atoms with E-state index in [9.17, 15) is 23.1 Å². The highest BCUT2D eigenvalue weighted by atomic mass is 19.4. The normalized spacial score (nSPS) is 18.5. The van der Waals surface area contributed by atoms with Crippen molar-refractivity contribution in [1.29, 1.82) is 0 Å². The number of benzene rings is 1. The summed E-state index contributed by atoms with van der Waals surface area (Å²) < 4.78 is 49.9. The first-order valence-electron chi connectivity index (χ1n) is 7.08. The quantitative estimate of drug-likeness (QED) is 0.878. The second kappa shape index (κ2) is 6.31. The molecule has 1 aliphatic heterocycles. The van der Waals surface area contributed by atoms with Gasteiger partial charge in [0.25, 0.3) is 0 Å². The lowest BCUT2D eigenvalue weighted by Crippen LogP contribution is -2.37. The summed E-state index contributed by atoms with van der Waals surface area (Å²) in [6.45, 7) is 4.05. The van der Waals surface area contributed by atoms with Gasteiger partial charge >= 0.3 is 12.3 Å². The molecule has 0 radical (unpaired) electrons. The molecule has 9 heteroatoms. The van der Waals surface area contributed by atoms with Gasteiger partial charge in [0.05, 0.1) is 11.2 Å². The minimum absolute atomic E-state index is 0.144. The maximum Gasteiger partial charge on any atom is 0.428 e. The second-order valence-electron chi connectivity index (χ2n) is 5.97. The van der Waals surface area contributed by atoms with Crippen molar-refractivity contribution < 1.29 is 32.5 Å². The van der Waals surface area contributed by atoms with Gasteiger partial charge in [-0.25, -0.2) is 10.2 Å². The molecule has 0 unspecified atom stereocenters. The van der Waals surface area contributed by atoms with Crippen molar-refractivity contribution in [2.75, 3.05) is 6.61 Å². The molecule has 24 heavy (non-hydrogen) atoms. The van der Waals surface area contributed by atoms with E-state index in [1.807, 2.05) is 0 Å². The molecular formula is C15H17F3N2O4. The lowest BCUT2D eigenvalue weighted by atomic mass is 10.0. The fourth-order valence-electron chi connectivity index (χ4n) is 2.03. The van der Waals surface area contributed by atoms with Gasteiger partial charge in [-0.2, -0.15) is 18.3 Å². The van der Waals surface area contributed by atoms with Crippen LogP contribution in [0.4, 0.5) is 18.0 Å². The van der Waals surface area contributed by atoms with Gasteiger partial charge < -0.3 is 14.6 Å². The van der Waals surface area contributed by atoms with E-state index in [4.69, 9.17) is 9.47 Å². The number of aliphatic hydroxyl groups is 1. The van der Waals surface area contributed by atoms with Crippen molar-refractivity contribution in [1.82, 2.24) is 5.43 Å². The second-order valence-corrected chi connectivity index (χ2v) is 5.97. The summed E-state index contributed by atoms with van der Waals surface area (Å²) in [6, 6.07) is 3.40. The Balaban J connectivity index is 2.38. The number of hydrogen-bond acceptors (Lipinski definition) is 5. The van der Waals surface area contributed by atoms with Crippen molar-refractivity contribution in [2.45, 2.75) is 38.7 Å². The molecule has 132 valence electrons. The van der Waals surface area contributed by atoms with Gasteiger partial charge in [-0.1, -0.05) is 0 Å². The minimum Gasteiger partial charge on any atom is -0.490 e. The number of nitrogens with zero attached hydrogens (tertiary/aromatic N) is 1. The summed E-state index contributed by atoms with van der Waals surface area (Å²) in [6.07, 6.45) is -6.22. The average Bonchev–Trinajstić information content (AvgIpc) is 2.43. The third-order valence-electron chi connectivity index (χ3n) is 3.10. The van der Waals surface area contributed by atoms with E-state index in [0.717, 1.165) is 12.1 Å². The van der Waals surface area contributed by atoms with Crippen LogP contribution in [0.1, 0.15) is 31.9 Å². The predicted molar refractivity (Wildman–Crippen MR) is 78.9 cm³/mol.